The van der Waals surface area contributed by atoms with Crippen LogP contribution in [0.2, 0.25) is 0 Å². The van der Waals surface area contributed by atoms with E-state index < -0.39 is 11.8 Å². The SMILES string of the molecule is Cc1ccncc1-c1cc(N)c2cnc(NC(=O)C(=O)NC3CCOCC3)cc2c1. The van der Waals surface area contributed by atoms with Crippen molar-refractivity contribution in [1.82, 2.24) is 15.3 Å². The maximum Gasteiger partial charge on any atom is 0.314 e. The number of aromatic nitrogens is 2. The van der Waals surface area contributed by atoms with Crippen LogP contribution in [0.3, 0.4) is 0 Å². The zero-order chi connectivity index (χ0) is 21.1. The minimum Gasteiger partial charge on any atom is -0.398 e. The number of hydrogen-bond donors (Lipinski definition) is 3. The molecule has 0 atom stereocenters. The molecule has 8 heteroatoms. The molecule has 0 aliphatic carbocycles. The lowest BCUT2D eigenvalue weighted by Crippen LogP contribution is -2.44. The zero-order valence-electron chi connectivity index (χ0n) is 16.6. The highest BCUT2D eigenvalue weighted by Crippen LogP contribution is 2.31. The van der Waals surface area contributed by atoms with Gasteiger partial charge in [0.2, 0.25) is 0 Å². The molecule has 154 valence electrons. The Morgan fingerprint density at radius 1 is 1.13 bits per heavy atom. The summed E-state index contributed by atoms with van der Waals surface area (Å²) in [6.45, 7) is 3.17. The number of aryl methyl sites for hydroxylation is 1. The normalized spacial score (nSPS) is 14.4. The molecule has 1 saturated heterocycles. The number of benzene rings is 1. The quantitative estimate of drug-likeness (QED) is 0.455. The summed E-state index contributed by atoms with van der Waals surface area (Å²) in [7, 11) is 0. The van der Waals surface area contributed by atoms with Crippen LogP contribution < -0.4 is 16.4 Å². The van der Waals surface area contributed by atoms with Gasteiger partial charge in [-0.1, -0.05) is 0 Å². The predicted molar refractivity (Wildman–Crippen MR) is 115 cm³/mol. The first-order valence-corrected chi connectivity index (χ1v) is 9.81. The van der Waals surface area contributed by atoms with Gasteiger partial charge in [-0.25, -0.2) is 4.98 Å². The number of carbonyl (C=O) groups is 2. The van der Waals surface area contributed by atoms with Crippen molar-refractivity contribution >= 4 is 34.1 Å². The predicted octanol–water partition coefficient (Wildman–Crippen LogP) is 2.42. The molecule has 4 rings (SSSR count). The number of nitrogen functional groups attached to an aromatic ring is 1. The molecule has 0 radical (unpaired) electrons. The highest BCUT2D eigenvalue weighted by Gasteiger charge is 2.21. The van der Waals surface area contributed by atoms with Crippen LogP contribution >= 0.6 is 0 Å². The maximum atomic E-state index is 12.3. The first-order valence-electron chi connectivity index (χ1n) is 9.81. The van der Waals surface area contributed by atoms with E-state index >= 15 is 0 Å². The zero-order valence-corrected chi connectivity index (χ0v) is 16.6. The van der Waals surface area contributed by atoms with Gasteiger partial charge in [0.1, 0.15) is 5.82 Å². The van der Waals surface area contributed by atoms with E-state index in [2.05, 4.69) is 20.6 Å². The molecule has 30 heavy (non-hydrogen) atoms. The Balaban J connectivity index is 1.55. The van der Waals surface area contributed by atoms with Gasteiger partial charge in [-0.05, 0) is 60.5 Å². The van der Waals surface area contributed by atoms with E-state index in [0.717, 1.165) is 27.5 Å². The van der Waals surface area contributed by atoms with Crippen molar-refractivity contribution in [3.05, 3.63) is 48.4 Å². The number of nitrogens with zero attached hydrogens (tertiary/aromatic N) is 2. The smallest absolute Gasteiger partial charge is 0.314 e. The van der Waals surface area contributed by atoms with Gasteiger partial charge in [-0.15, -0.1) is 0 Å². The summed E-state index contributed by atoms with van der Waals surface area (Å²) in [5.41, 5.74) is 9.78. The molecule has 1 aliphatic heterocycles. The molecular weight excluding hydrogens is 382 g/mol. The molecule has 1 aromatic carbocycles. The minimum absolute atomic E-state index is 0.0494. The van der Waals surface area contributed by atoms with E-state index in [-0.39, 0.29) is 11.9 Å². The summed E-state index contributed by atoms with van der Waals surface area (Å²) in [5.74, 6) is -1.14. The fourth-order valence-corrected chi connectivity index (χ4v) is 3.54. The standard InChI is InChI=1S/C22H23N5O3/c1-13-2-5-24-11-17(13)14-8-15-10-20(25-12-18(15)19(23)9-14)27-22(29)21(28)26-16-3-6-30-7-4-16/h2,5,8-12,16H,3-4,6-7,23H2,1H3,(H,26,28)(H,25,27,29). The van der Waals surface area contributed by atoms with Gasteiger partial charge in [0.05, 0.1) is 0 Å². The number of amides is 2. The van der Waals surface area contributed by atoms with Gasteiger partial charge < -0.3 is 21.1 Å². The highest BCUT2D eigenvalue weighted by atomic mass is 16.5. The number of rotatable bonds is 3. The summed E-state index contributed by atoms with van der Waals surface area (Å²) in [6.07, 6.45) is 6.52. The van der Waals surface area contributed by atoms with Gasteiger partial charge in [-0.3, -0.25) is 14.6 Å². The summed E-state index contributed by atoms with van der Waals surface area (Å²) >= 11 is 0. The van der Waals surface area contributed by atoms with Crippen molar-refractivity contribution in [3.63, 3.8) is 0 Å². The maximum absolute atomic E-state index is 12.3. The van der Waals surface area contributed by atoms with Crippen molar-refractivity contribution in [2.24, 2.45) is 0 Å². The van der Waals surface area contributed by atoms with E-state index in [9.17, 15) is 9.59 Å². The van der Waals surface area contributed by atoms with Crippen molar-refractivity contribution in [2.45, 2.75) is 25.8 Å². The van der Waals surface area contributed by atoms with E-state index in [4.69, 9.17) is 10.5 Å². The number of carbonyl (C=O) groups excluding carboxylic acids is 2. The monoisotopic (exact) mass is 405 g/mol. The van der Waals surface area contributed by atoms with Gasteiger partial charge in [0, 0.05) is 54.5 Å². The lowest BCUT2D eigenvalue weighted by Gasteiger charge is -2.22. The van der Waals surface area contributed by atoms with Crippen molar-refractivity contribution in [1.29, 1.82) is 0 Å². The fourth-order valence-electron chi connectivity index (χ4n) is 3.54. The van der Waals surface area contributed by atoms with Crippen LogP contribution in [0.1, 0.15) is 18.4 Å². The number of nitrogens with one attached hydrogen (secondary N) is 2. The number of ether oxygens (including phenoxy) is 1. The van der Waals surface area contributed by atoms with Gasteiger partial charge in [-0.2, -0.15) is 0 Å². The Kier molecular flexibility index (Phi) is 5.58. The molecular formula is C22H23N5O3. The topological polar surface area (TPSA) is 119 Å². The molecule has 0 saturated carbocycles. The van der Waals surface area contributed by atoms with Crippen LogP contribution in [-0.4, -0.2) is 41.0 Å². The van der Waals surface area contributed by atoms with Crippen molar-refractivity contribution < 1.29 is 14.3 Å². The van der Waals surface area contributed by atoms with Gasteiger partial charge >= 0.3 is 11.8 Å². The Labute approximate surface area is 173 Å². The summed E-state index contributed by atoms with van der Waals surface area (Å²) in [6, 6.07) is 7.44. The van der Waals surface area contributed by atoms with Gasteiger partial charge in [0.25, 0.3) is 0 Å². The van der Waals surface area contributed by atoms with E-state index in [1.165, 1.54) is 0 Å². The molecule has 2 aromatic heterocycles. The molecule has 1 aliphatic rings. The number of pyridine rings is 2. The van der Waals surface area contributed by atoms with E-state index in [1.54, 1.807) is 24.7 Å². The molecule has 3 heterocycles. The third-order valence-electron chi connectivity index (χ3n) is 5.22. The Morgan fingerprint density at radius 3 is 2.70 bits per heavy atom. The first-order chi connectivity index (χ1) is 14.5. The minimum atomic E-state index is -0.749. The van der Waals surface area contributed by atoms with Crippen LogP contribution in [0.15, 0.2) is 42.9 Å². The summed E-state index contributed by atoms with van der Waals surface area (Å²) < 4.78 is 5.26. The summed E-state index contributed by atoms with van der Waals surface area (Å²) in [5, 5.41) is 6.88. The largest absolute Gasteiger partial charge is 0.398 e. The molecule has 0 unspecified atom stereocenters. The second-order valence-electron chi connectivity index (χ2n) is 7.36. The van der Waals surface area contributed by atoms with Crippen LogP contribution in [0.25, 0.3) is 21.9 Å². The molecule has 1 fully saturated rings. The average Bonchev–Trinajstić information content (AvgIpc) is 2.74. The average molecular weight is 405 g/mol. The summed E-state index contributed by atoms with van der Waals surface area (Å²) in [4.78, 5) is 32.9. The Bertz CT molecular complexity index is 1110. The van der Waals surface area contributed by atoms with Crippen LogP contribution in [0.4, 0.5) is 11.5 Å². The number of hydrogen-bond acceptors (Lipinski definition) is 6. The van der Waals surface area contributed by atoms with E-state index in [0.29, 0.717) is 31.7 Å². The second kappa shape index (κ2) is 8.46. The Morgan fingerprint density at radius 2 is 1.93 bits per heavy atom. The fraction of sp³-hybridized carbons (Fsp3) is 0.273. The lowest BCUT2D eigenvalue weighted by molar-refractivity contribution is -0.137. The lowest BCUT2D eigenvalue weighted by atomic mass is 9.99. The highest BCUT2D eigenvalue weighted by molar-refractivity contribution is 6.39. The first kappa shape index (κ1) is 19.8. The molecule has 3 aromatic rings. The van der Waals surface area contributed by atoms with Crippen molar-refractivity contribution in [2.75, 3.05) is 24.3 Å². The molecule has 0 bridgehead atoms. The van der Waals surface area contributed by atoms with Gasteiger partial charge in [0.15, 0.2) is 0 Å². The third kappa shape index (κ3) is 4.23. The van der Waals surface area contributed by atoms with Crippen LogP contribution in [0, 0.1) is 6.92 Å². The number of anilines is 2. The molecule has 8 nitrogen and oxygen atoms in total. The number of nitrogens with two attached hydrogens (primary N) is 1. The molecule has 2 amide bonds. The molecule has 4 N–H and O–H groups in total. The third-order valence-corrected chi connectivity index (χ3v) is 5.22. The van der Waals surface area contributed by atoms with Crippen LogP contribution in [-0.2, 0) is 14.3 Å². The van der Waals surface area contributed by atoms with Crippen LogP contribution in [0.5, 0.6) is 0 Å². The number of fused-ring (bicyclic) bond motifs is 1. The molecule has 0 spiro atoms. The second-order valence-corrected chi connectivity index (χ2v) is 7.36. The Hall–Kier alpha value is -3.52. The van der Waals surface area contributed by atoms with E-state index in [1.807, 2.05) is 25.1 Å². The van der Waals surface area contributed by atoms with Crippen molar-refractivity contribution in [3.8, 4) is 11.1 Å².